The number of hydrogen-bond donors (Lipinski definition) is 0. The zero-order valence-electron chi connectivity index (χ0n) is 32.0. The maximum Gasteiger partial charge on any atom is 0.0960 e. The fourth-order valence-corrected chi connectivity index (χ4v) is 10.5. The van der Waals surface area contributed by atoms with E-state index in [0.717, 1.165) is 12.8 Å². The Bertz CT molecular complexity index is 2640. The van der Waals surface area contributed by atoms with Gasteiger partial charge >= 0.3 is 0 Å². The van der Waals surface area contributed by atoms with E-state index >= 15 is 0 Å². The molecule has 2 heteroatoms. The van der Waals surface area contributed by atoms with Gasteiger partial charge in [-0.05, 0) is 140 Å². The van der Waals surface area contributed by atoms with Crippen LogP contribution in [0.4, 0.5) is 22.7 Å². The van der Waals surface area contributed by atoms with E-state index in [2.05, 4.69) is 207 Å². The Morgan fingerprint density at radius 2 is 0.709 bits per heavy atom. The highest BCUT2D eigenvalue weighted by molar-refractivity contribution is 5.93. The number of nitrogens with zero attached hydrogens (tertiary/aromatic N) is 2. The van der Waals surface area contributed by atoms with Crippen LogP contribution in [0, 0.1) is 0 Å². The largest absolute Gasteiger partial charge is 0.327 e. The fraction of sp³-hybridized carbons (Fsp3) is 0.170. The molecule has 0 saturated heterocycles. The van der Waals surface area contributed by atoms with E-state index in [9.17, 15) is 0 Å². The lowest BCUT2D eigenvalue weighted by Crippen LogP contribution is -2.32. The monoisotopic (exact) mass is 708 g/mol. The van der Waals surface area contributed by atoms with E-state index in [1.165, 1.54) is 88.8 Å². The summed E-state index contributed by atoms with van der Waals surface area (Å²) in [7, 11) is 0. The zero-order chi connectivity index (χ0) is 37.1. The van der Waals surface area contributed by atoms with Crippen LogP contribution in [0.3, 0.4) is 0 Å². The van der Waals surface area contributed by atoms with E-state index in [0.29, 0.717) is 0 Å². The molecule has 0 N–H and O–H groups in total. The van der Waals surface area contributed by atoms with Crippen molar-refractivity contribution in [1.82, 2.24) is 0 Å². The SMILES string of the molecule is CCC1(N(c2ccccc2)c2ccc3ccccc3c2)c2cc3c(cc21)C(C)(C)c1cc2c(cc1-3)C2(CC)N(c1ccccc1)c1ccc2ccccc2c1. The second-order valence-electron chi connectivity index (χ2n) is 16.3. The third kappa shape index (κ3) is 4.37. The number of rotatable bonds is 8. The number of anilines is 4. The third-order valence-electron chi connectivity index (χ3n) is 13.4. The Labute approximate surface area is 324 Å². The first-order valence-corrected chi connectivity index (χ1v) is 20.0. The van der Waals surface area contributed by atoms with Gasteiger partial charge in [0.25, 0.3) is 0 Å². The van der Waals surface area contributed by atoms with E-state index < -0.39 is 0 Å². The summed E-state index contributed by atoms with van der Waals surface area (Å²) in [6.45, 7) is 9.61. The van der Waals surface area contributed by atoms with E-state index in [4.69, 9.17) is 0 Å². The first kappa shape index (κ1) is 32.3. The molecule has 266 valence electrons. The summed E-state index contributed by atoms with van der Waals surface area (Å²) in [5.74, 6) is 0. The Hall–Kier alpha value is -6.12. The van der Waals surface area contributed by atoms with Crippen LogP contribution in [-0.2, 0) is 16.5 Å². The highest BCUT2D eigenvalue weighted by Crippen LogP contribution is 2.66. The second-order valence-corrected chi connectivity index (χ2v) is 16.3. The van der Waals surface area contributed by atoms with Crippen molar-refractivity contribution in [2.24, 2.45) is 0 Å². The van der Waals surface area contributed by atoms with Crippen LogP contribution in [0.5, 0.6) is 0 Å². The standard InChI is InChI=1S/C53H44N2/c1-5-52(54(39-21-9-7-10-22-39)41-27-25-35-17-13-15-19-37(35)29-41)47-31-43-44-32-48-50(34-46(44)51(3,4)45(43)33-49(47)52)53(48,6-2)55(40-23-11-8-12-24-40)42-28-26-36-18-14-16-20-38(36)30-42/h7-34H,5-6H2,1-4H3. The lowest BCUT2D eigenvalue weighted by Gasteiger charge is -2.35. The molecule has 0 aliphatic heterocycles. The molecular formula is C53H44N2. The van der Waals surface area contributed by atoms with Gasteiger partial charge in [0.15, 0.2) is 0 Å². The predicted molar refractivity (Wildman–Crippen MR) is 231 cm³/mol. The molecule has 0 amide bonds. The minimum absolute atomic E-state index is 0.125. The van der Waals surface area contributed by atoms with Crippen molar-refractivity contribution in [3.8, 4) is 11.1 Å². The van der Waals surface area contributed by atoms with Gasteiger partial charge in [-0.15, -0.1) is 0 Å². The summed E-state index contributed by atoms with van der Waals surface area (Å²) in [6.07, 6.45) is 1.97. The molecule has 0 saturated carbocycles. The van der Waals surface area contributed by atoms with Gasteiger partial charge in [-0.2, -0.15) is 0 Å². The highest BCUT2D eigenvalue weighted by Gasteiger charge is 2.59. The number of fused-ring (bicyclic) bond motifs is 7. The molecule has 0 fully saturated rings. The van der Waals surface area contributed by atoms with Crippen LogP contribution >= 0.6 is 0 Å². The zero-order valence-corrected chi connectivity index (χ0v) is 32.0. The van der Waals surface area contributed by atoms with Gasteiger partial charge in [0.2, 0.25) is 0 Å². The van der Waals surface area contributed by atoms with Crippen LogP contribution in [-0.4, -0.2) is 0 Å². The highest BCUT2D eigenvalue weighted by atomic mass is 15.3. The topological polar surface area (TPSA) is 6.48 Å². The molecule has 3 aliphatic carbocycles. The summed E-state index contributed by atoms with van der Waals surface area (Å²) in [5, 5.41) is 5.07. The Morgan fingerprint density at radius 3 is 1.11 bits per heavy atom. The van der Waals surface area contributed by atoms with Crippen LogP contribution in [0.15, 0.2) is 170 Å². The first-order chi connectivity index (χ1) is 26.9. The smallest absolute Gasteiger partial charge is 0.0960 e. The fourth-order valence-electron chi connectivity index (χ4n) is 10.5. The van der Waals surface area contributed by atoms with E-state index in [-0.39, 0.29) is 16.5 Å². The Morgan fingerprint density at radius 1 is 0.345 bits per heavy atom. The van der Waals surface area contributed by atoms with Gasteiger partial charge in [0.1, 0.15) is 0 Å². The maximum absolute atomic E-state index is 2.61. The molecule has 55 heavy (non-hydrogen) atoms. The van der Waals surface area contributed by atoms with Crippen molar-refractivity contribution in [2.75, 3.05) is 9.80 Å². The number of benzene rings is 8. The van der Waals surface area contributed by atoms with E-state index in [1.54, 1.807) is 0 Å². The number of hydrogen-bond acceptors (Lipinski definition) is 2. The van der Waals surface area contributed by atoms with Crippen LogP contribution in [0.1, 0.15) is 73.9 Å². The molecule has 0 heterocycles. The van der Waals surface area contributed by atoms with Crippen LogP contribution in [0.2, 0.25) is 0 Å². The van der Waals surface area contributed by atoms with Gasteiger partial charge < -0.3 is 9.80 Å². The van der Waals surface area contributed by atoms with Gasteiger partial charge in [-0.1, -0.05) is 137 Å². The molecule has 0 bridgehead atoms. The van der Waals surface area contributed by atoms with Crippen molar-refractivity contribution >= 4 is 44.3 Å². The summed E-state index contributed by atoms with van der Waals surface area (Å²) in [6, 6.07) is 63.7. The van der Waals surface area contributed by atoms with Crippen molar-refractivity contribution in [3.63, 3.8) is 0 Å². The summed E-state index contributed by atoms with van der Waals surface area (Å²) < 4.78 is 0. The Balaban J connectivity index is 1.05. The minimum atomic E-state index is -0.208. The van der Waals surface area contributed by atoms with Crippen molar-refractivity contribution < 1.29 is 0 Å². The molecule has 11 rings (SSSR count). The van der Waals surface area contributed by atoms with E-state index in [1.807, 2.05) is 0 Å². The molecule has 8 aromatic carbocycles. The Kier molecular flexibility index (Phi) is 6.73. The lowest BCUT2D eigenvalue weighted by molar-refractivity contribution is 0.607. The van der Waals surface area contributed by atoms with Crippen molar-refractivity contribution in [1.29, 1.82) is 0 Å². The van der Waals surface area contributed by atoms with Crippen LogP contribution in [0.25, 0.3) is 32.7 Å². The summed E-state index contributed by atoms with van der Waals surface area (Å²) in [4.78, 5) is 5.23. The summed E-state index contributed by atoms with van der Waals surface area (Å²) in [5.41, 5.74) is 15.9. The quantitative estimate of drug-likeness (QED) is 0.155. The molecule has 3 aliphatic rings. The molecule has 0 radical (unpaired) electrons. The second kappa shape index (κ2) is 11.4. The molecule has 8 aromatic rings. The summed E-state index contributed by atoms with van der Waals surface area (Å²) >= 11 is 0. The first-order valence-electron chi connectivity index (χ1n) is 20.0. The lowest BCUT2D eigenvalue weighted by atomic mass is 9.82. The van der Waals surface area contributed by atoms with Gasteiger partial charge in [0, 0.05) is 28.2 Å². The van der Waals surface area contributed by atoms with Gasteiger partial charge in [-0.3, -0.25) is 0 Å². The van der Waals surface area contributed by atoms with Crippen LogP contribution < -0.4 is 9.80 Å². The average Bonchev–Trinajstić information content (AvgIpc) is 4.07. The molecule has 2 unspecified atom stereocenters. The normalized spacial score (nSPS) is 19.3. The van der Waals surface area contributed by atoms with Gasteiger partial charge in [0.05, 0.1) is 11.1 Å². The molecule has 0 spiro atoms. The minimum Gasteiger partial charge on any atom is -0.327 e. The molecular weight excluding hydrogens is 665 g/mol. The number of para-hydroxylation sites is 2. The molecule has 2 nitrogen and oxygen atoms in total. The maximum atomic E-state index is 2.61. The predicted octanol–water partition coefficient (Wildman–Crippen LogP) is 13.9. The van der Waals surface area contributed by atoms with Crippen molar-refractivity contribution in [3.05, 3.63) is 203 Å². The van der Waals surface area contributed by atoms with Gasteiger partial charge in [-0.25, -0.2) is 0 Å². The average molecular weight is 709 g/mol. The molecule has 2 atom stereocenters. The third-order valence-corrected chi connectivity index (χ3v) is 13.4. The van der Waals surface area contributed by atoms with Crippen molar-refractivity contribution in [2.45, 2.75) is 57.0 Å². The molecule has 0 aromatic heterocycles.